The molecule has 136 valence electrons. The lowest BCUT2D eigenvalue weighted by Crippen LogP contribution is -2.21. The molecule has 4 rings (SSSR count). The molecule has 27 heavy (non-hydrogen) atoms. The first-order valence-electron chi connectivity index (χ1n) is 8.48. The monoisotopic (exact) mass is 362 g/mol. The lowest BCUT2D eigenvalue weighted by atomic mass is 10.1. The van der Waals surface area contributed by atoms with Crippen LogP contribution >= 0.6 is 0 Å². The van der Waals surface area contributed by atoms with Crippen LogP contribution in [0.25, 0.3) is 22.4 Å². The molecule has 7 heteroatoms. The predicted octanol–water partition coefficient (Wildman–Crippen LogP) is 2.89. The van der Waals surface area contributed by atoms with Crippen molar-refractivity contribution in [2.75, 3.05) is 7.11 Å². The molecule has 0 spiro atoms. The van der Waals surface area contributed by atoms with Crippen molar-refractivity contribution < 1.29 is 9.26 Å². The van der Waals surface area contributed by atoms with Crippen LogP contribution < -0.4 is 10.3 Å². The number of rotatable bonds is 4. The number of aryl methyl sites for hydroxylation is 2. The van der Waals surface area contributed by atoms with E-state index < -0.39 is 0 Å². The van der Waals surface area contributed by atoms with E-state index in [1.54, 1.807) is 25.6 Å². The van der Waals surface area contributed by atoms with E-state index in [4.69, 9.17) is 9.26 Å². The molecular weight excluding hydrogens is 344 g/mol. The fraction of sp³-hybridized carbons (Fsp3) is 0.200. The maximum Gasteiger partial charge on any atom is 0.272 e. The normalized spacial score (nSPS) is 11.1. The van der Waals surface area contributed by atoms with Gasteiger partial charge in [0.25, 0.3) is 5.56 Å². The van der Waals surface area contributed by atoms with Crippen LogP contribution in [-0.2, 0) is 13.5 Å². The van der Waals surface area contributed by atoms with Crippen LogP contribution in [0.3, 0.4) is 0 Å². The second-order valence-corrected chi connectivity index (χ2v) is 6.30. The standard InChI is InChI=1S/C20H18N4O3/c1-12-20(25)24(2)17-8-7-14(11-16(17)21-12)19-22-18(27-23-19)10-13-5-4-6-15(9-13)26-3/h4-9,11H,10H2,1-3H3. The summed E-state index contributed by atoms with van der Waals surface area (Å²) in [4.78, 5) is 20.9. The van der Waals surface area contributed by atoms with Gasteiger partial charge in [0.15, 0.2) is 0 Å². The third-order valence-electron chi connectivity index (χ3n) is 4.45. The van der Waals surface area contributed by atoms with Crippen LogP contribution in [0.5, 0.6) is 5.75 Å². The van der Waals surface area contributed by atoms with E-state index in [0.717, 1.165) is 22.4 Å². The molecule has 0 aliphatic heterocycles. The first-order valence-corrected chi connectivity index (χ1v) is 8.48. The summed E-state index contributed by atoms with van der Waals surface area (Å²) >= 11 is 0. The Morgan fingerprint density at radius 3 is 2.81 bits per heavy atom. The summed E-state index contributed by atoms with van der Waals surface area (Å²) in [5, 5.41) is 4.08. The molecule has 0 aliphatic carbocycles. The van der Waals surface area contributed by atoms with Gasteiger partial charge in [0.2, 0.25) is 11.7 Å². The molecule has 2 aromatic heterocycles. The zero-order chi connectivity index (χ0) is 19.0. The molecular formula is C20H18N4O3. The molecule has 0 bridgehead atoms. The van der Waals surface area contributed by atoms with Crippen LogP contribution in [0.2, 0.25) is 0 Å². The van der Waals surface area contributed by atoms with Crippen molar-refractivity contribution in [1.82, 2.24) is 19.7 Å². The zero-order valence-electron chi connectivity index (χ0n) is 15.3. The van der Waals surface area contributed by atoms with Gasteiger partial charge in [-0.05, 0) is 42.8 Å². The Balaban J connectivity index is 1.66. The van der Waals surface area contributed by atoms with Gasteiger partial charge in [0.1, 0.15) is 11.4 Å². The van der Waals surface area contributed by atoms with Gasteiger partial charge >= 0.3 is 0 Å². The number of aromatic nitrogens is 4. The lowest BCUT2D eigenvalue weighted by molar-refractivity contribution is 0.385. The van der Waals surface area contributed by atoms with Gasteiger partial charge in [0.05, 0.1) is 24.6 Å². The fourth-order valence-electron chi connectivity index (χ4n) is 3.02. The number of fused-ring (bicyclic) bond motifs is 1. The summed E-state index contributed by atoms with van der Waals surface area (Å²) < 4.78 is 12.2. The highest BCUT2D eigenvalue weighted by molar-refractivity contribution is 5.80. The molecule has 2 heterocycles. The number of nitrogens with zero attached hydrogens (tertiary/aromatic N) is 4. The van der Waals surface area contributed by atoms with Gasteiger partial charge in [0, 0.05) is 12.6 Å². The Hall–Kier alpha value is -3.48. The average Bonchev–Trinajstić information content (AvgIpc) is 3.14. The Morgan fingerprint density at radius 2 is 2.00 bits per heavy atom. The fourth-order valence-corrected chi connectivity index (χ4v) is 3.02. The summed E-state index contributed by atoms with van der Waals surface area (Å²) in [6.07, 6.45) is 0.518. The summed E-state index contributed by atoms with van der Waals surface area (Å²) in [6, 6.07) is 13.3. The van der Waals surface area contributed by atoms with Crippen molar-refractivity contribution in [1.29, 1.82) is 0 Å². The minimum absolute atomic E-state index is 0.101. The van der Waals surface area contributed by atoms with Crippen molar-refractivity contribution in [3.05, 3.63) is 70.0 Å². The Labute approximate surface area is 155 Å². The maximum atomic E-state index is 12.0. The molecule has 0 fully saturated rings. The molecule has 0 radical (unpaired) electrons. The topological polar surface area (TPSA) is 83.0 Å². The van der Waals surface area contributed by atoms with E-state index in [2.05, 4.69) is 15.1 Å². The Morgan fingerprint density at radius 1 is 1.15 bits per heavy atom. The van der Waals surface area contributed by atoms with Crippen molar-refractivity contribution in [2.24, 2.45) is 7.05 Å². The number of hydrogen-bond donors (Lipinski definition) is 0. The van der Waals surface area contributed by atoms with Gasteiger partial charge in [-0.3, -0.25) is 4.79 Å². The molecule has 0 saturated carbocycles. The number of hydrogen-bond acceptors (Lipinski definition) is 6. The summed E-state index contributed by atoms with van der Waals surface area (Å²) in [7, 11) is 3.37. The Bertz CT molecular complexity index is 1190. The SMILES string of the molecule is COc1cccc(Cc2nc(-c3ccc4c(c3)nc(C)c(=O)n4C)no2)c1. The minimum Gasteiger partial charge on any atom is -0.497 e. The molecule has 4 aromatic rings. The van der Waals surface area contributed by atoms with Gasteiger partial charge in [-0.1, -0.05) is 17.3 Å². The maximum absolute atomic E-state index is 12.0. The smallest absolute Gasteiger partial charge is 0.272 e. The van der Waals surface area contributed by atoms with E-state index >= 15 is 0 Å². The van der Waals surface area contributed by atoms with Crippen LogP contribution in [0, 0.1) is 6.92 Å². The van der Waals surface area contributed by atoms with Crippen LogP contribution in [0.4, 0.5) is 0 Å². The molecule has 0 unspecified atom stereocenters. The molecule has 0 atom stereocenters. The van der Waals surface area contributed by atoms with Gasteiger partial charge in [-0.2, -0.15) is 4.98 Å². The second-order valence-electron chi connectivity index (χ2n) is 6.30. The predicted molar refractivity (Wildman–Crippen MR) is 101 cm³/mol. The molecule has 0 amide bonds. The molecule has 7 nitrogen and oxygen atoms in total. The lowest BCUT2D eigenvalue weighted by Gasteiger charge is -2.06. The van der Waals surface area contributed by atoms with Gasteiger partial charge in [-0.15, -0.1) is 0 Å². The first-order chi connectivity index (χ1) is 13.0. The first kappa shape index (κ1) is 17.0. The van der Waals surface area contributed by atoms with Crippen molar-refractivity contribution in [2.45, 2.75) is 13.3 Å². The zero-order valence-corrected chi connectivity index (χ0v) is 15.3. The van der Waals surface area contributed by atoms with Crippen LogP contribution in [-0.4, -0.2) is 26.8 Å². The van der Waals surface area contributed by atoms with Crippen molar-refractivity contribution in [3.8, 4) is 17.1 Å². The van der Waals surface area contributed by atoms with E-state index in [9.17, 15) is 4.79 Å². The quantitative estimate of drug-likeness (QED) is 0.555. The minimum atomic E-state index is -0.101. The number of methoxy groups -OCH3 is 1. The highest BCUT2D eigenvalue weighted by Crippen LogP contribution is 2.22. The molecule has 0 aliphatic rings. The molecule has 0 N–H and O–H groups in total. The third-order valence-corrected chi connectivity index (χ3v) is 4.45. The number of benzene rings is 2. The second kappa shape index (κ2) is 6.68. The molecule has 0 saturated heterocycles. The largest absolute Gasteiger partial charge is 0.497 e. The van der Waals surface area contributed by atoms with Crippen molar-refractivity contribution in [3.63, 3.8) is 0 Å². The van der Waals surface area contributed by atoms with Crippen LogP contribution in [0.15, 0.2) is 51.8 Å². The highest BCUT2D eigenvalue weighted by atomic mass is 16.5. The van der Waals surface area contributed by atoms with Gasteiger partial charge < -0.3 is 13.8 Å². The number of ether oxygens (including phenoxy) is 1. The third kappa shape index (κ3) is 3.19. The summed E-state index contributed by atoms with van der Waals surface area (Å²) in [6.45, 7) is 1.70. The van der Waals surface area contributed by atoms with E-state index in [1.807, 2.05) is 42.5 Å². The summed E-state index contributed by atoms with van der Waals surface area (Å²) in [5.74, 6) is 1.79. The average molecular weight is 362 g/mol. The van der Waals surface area contributed by atoms with Crippen LogP contribution in [0.1, 0.15) is 17.1 Å². The summed E-state index contributed by atoms with van der Waals surface area (Å²) in [5.41, 5.74) is 3.63. The molecule has 2 aromatic carbocycles. The van der Waals surface area contributed by atoms with E-state index in [0.29, 0.717) is 29.3 Å². The Kier molecular flexibility index (Phi) is 4.19. The van der Waals surface area contributed by atoms with E-state index in [1.165, 1.54) is 0 Å². The van der Waals surface area contributed by atoms with E-state index in [-0.39, 0.29) is 5.56 Å². The van der Waals surface area contributed by atoms with Crippen molar-refractivity contribution >= 4 is 11.0 Å². The van der Waals surface area contributed by atoms with Gasteiger partial charge in [-0.25, -0.2) is 4.98 Å². The highest BCUT2D eigenvalue weighted by Gasteiger charge is 2.12.